The first-order valence-corrected chi connectivity index (χ1v) is 12.9. The van der Waals surface area contributed by atoms with Crippen molar-refractivity contribution in [2.45, 2.75) is 44.0 Å². The highest BCUT2D eigenvalue weighted by molar-refractivity contribution is 7.87. The van der Waals surface area contributed by atoms with Crippen LogP contribution in [0.15, 0.2) is 58.8 Å². The maximum Gasteiger partial charge on any atom is 0.339 e. The Kier molecular flexibility index (Phi) is 4.86. The van der Waals surface area contributed by atoms with E-state index in [1.807, 2.05) is 5.38 Å². The average Bonchev–Trinajstić information content (AvgIpc) is 3.17. The highest BCUT2D eigenvalue weighted by Crippen LogP contribution is 2.59. The molecule has 1 N–H and O–H groups in total. The molecule has 2 aromatic carbocycles. The van der Waals surface area contributed by atoms with Gasteiger partial charge in [-0.3, -0.25) is 4.79 Å². The lowest BCUT2D eigenvalue weighted by molar-refractivity contribution is -0.0843. The van der Waals surface area contributed by atoms with Gasteiger partial charge in [0.2, 0.25) is 0 Å². The molecular weight excluding hydrogens is 430 g/mol. The summed E-state index contributed by atoms with van der Waals surface area (Å²) in [6.07, 6.45) is 3.38. The molecule has 6 rings (SSSR count). The van der Waals surface area contributed by atoms with Gasteiger partial charge < -0.3 is 9.50 Å². The fourth-order valence-corrected chi connectivity index (χ4v) is 7.09. The molecule has 0 radical (unpaired) electrons. The van der Waals surface area contributed by atoms with E-state index < -0.39 is 10.1 Å². The van der Waals surface area contributed by atoms with E-state index in [0.717, 1.165) is 23.5 Å². The fraction of sp³-hybridized carbons (Fsp3) is 0.375. The highest BCUT2D eigenvalue weighted by Gasteiger charge is 2.54. The van der Waals surface area contributed by atoms with Crippen molar-refractivity contribution in [3.05, 3.63) is 59.5 Å². The zero-order valence-corrected chi connectivity index (χ0v) is 19.1. The molecule has 0 spiro atoms. The number of nitrogens with one attached hydrogen (secondary N) is 1. The zero-order valence-electron chi connectivity index (χ0n) is 17.5. The molecule has 2 unspecified atom stereocenters. The Balaban J connectivity index is 1.38. The summed E-state index contributed by atoms with van der Waals surface area (Å²) >= 11 is 1.47. The summed E-state index contributed by atoms with van der Waals surface area (Å²) in [6, 6.07) is 13.3. The first kappa shape index (κ1) is 20.5. The number of rotatable bonds is 5. The van der Waals surface area contributed by atoms with E-state index in [1.165, 1.54) is 29.9 Å². The van der Waals surface area contributed by atoms with Gasteiger partial charge in [0, 0.05) is 21.5 Å². The van der Waals surface area contributed by atoms with Gasteiger partial charge in [-0.15, -0.1) is 11.3 Å². The zero-order chi connectivity index (χ0) is 21.8. The average molecular weight is 456 g/mol. The lowest BCUT2D eigenvalue weighted by Crippen LogP contribution is -2.59. The summed E-state index contributed by atoms with van der Waals surface area (Å²) < 4.78 is 31.4. The third-order valence-electron chi connectivity index (χ3n) is 7.20. The fourth-order valence-electron chi connectivity index (χ4n) is 5.23. The second kappa shape index (κ2) is 7.35. The molecule has 31 heavy (non-hydrogen) atoms. The number of fused-ring (bicyclic) bond motifs is 3. The maximum atomic E-state index is 13.1. The Morgan fingerprint density at radius 1 is 1.13 bits per heavy atom. The molecule has 3 aromatic rings. The summed E-state index contributed by atoms with van der Waals surface area (Å²) in [5, 5.41) is 5.81. The van der Waals surface area contributed by atoms with Crippen LogP contribution in [0, 0.1) is 17.3 Å². The Labute approximate surface area is 186 Å². The molecule has 3 fully saturated rings. The van der Waals surface area contributed by atoms with Crippen molar-refractivity contribution in [2.75, 3.05) is 0 Å². The first-order chi connectivity index (χ1) is 14.8. The SMILES string of the molecule is CC1(C)C2CC[C@H](NC(=O)c3csc4ccc(OS(=O)(=O)c5ccccc5)cc34)C1C2. The Morgan fingerprint density at radius 3 is 2.61 bits per heavy atom. The van der Waals surface area contributed by atoms with Crippen LogP contribution in [0.4, 0.5) is 0 Å². The van der Waals surface area contributed by atoms with Crippen LogP contribution in [0.3, 0.4) is 0 Å². The van der Waals surface area contributed by atoms with Gasteiger partial charge in [-0.2, -0.15) is 8.42 Å². The first-order valence-electron chi connectivity index (χ1n) is 10.6. The van der Waals surface area contributed by atoms with Crippen LogP contribution < -0.4 is 9.50 Å². The molecule has 162 valence electrons. The van der Waals surface area contributed by atoms with E-state index in [0.29, 0.717) is 22.3 Å². The Bertz CT molecular complexity index is 1250. The Hall–Kier alpha value is -2.38. The molecule has 3 aliphatic carbocycles. The number of carbonyl (C=O) groups excluding carboxylic acids is 1. The number of hydrogen-bond donors (Lipinski definition) is 1. The summed E-state index contributed by atoms with van der Waals surface area (Å²) in [7, 11) is -3.93. The summed E-state index contributed by atoms with van der Waals surface area (Å²) in [5.74, 6) is 1.40. The lowest BCUT2D eigenvalue weighted by Gasteiger charge is -2.60. The minimum Gasteiger partial charge on any atom is -0.379 e. The molecule has 0 saturated heterocycles. The van der Waals surface area contributed by atoms with Crippen molar-refractivity contribution < 1.29 is 17.4 Å². The van der Waals surface area contributed by atoms with Gasteiger partial charge >= 0.3 is 10.1 Å². The number of carbonyl (C=O) groups is 1. The minimum atomic E-state index is -3.93. The van der Waals surface area contributed by atoms with Gasteiger partial charge in [-0.25, -0.2) is 0 Å². The normalized spacial score (nSPS) is 24.4. The molecule has 3 saturated carbocycles. The van der Waals surface area contributed by atoms with Gasteiger partial charge in [-0.1, -0.05) is 32.0 Å². The maximum absolute atomic E-state index is 13.1. The smallest absolute Gasteiger partial charge is 0.339 e. The number of hydrogen-bond acceptors (Lipinski definition) is 5. The van der Waals surface area contributed by atoms with Crippen LogP contribution in [0.2, 0.25) is 0 Å². The predicted octanol–water partition coefficient (Wildman–Crippen LogP) is 5.22. The molecule has 0 aliphatic heterocycles. The third-order valence-corrected chi connectivity index (χ3v) is 9.43. The summed E-state index contributed by atoms with van der Waals surface area (Å²) in [4.78, 5) is 13.2. The van der Waals surface area contributed by atoms with Crippen LogP contribution in [0.25, 0.3) is 10.1 Å². The second-order valence-corrected chi connectivity index (χ2v) is 11.6. The second-order valence-electron chi connectivity index (χ2n) is 9.18. The standard InChI is InChI=1S/C24H25NO4S2/c1-24(2)15-8-10-21(20(24)12-15)25-23(26)19-14-30-22-11-9-16(13-18(19)22)29-31(27,28)17-6-4-3-5-7-17/h3-7,9,11,13-15,20-21H,8,10,12H2,1-2H3,(H,25,26)/t15?,20?,21-/m0/s1. The van der Waals surface area contributed by atoms with Gasteiger partial charge in [0.05, 0.1) is 5.56 Å². The monoisotopic (exact) mass is 455 g/mol. The highest BCUT2D eigenvalue weighted by atomic mass is 32.2. The van der Waals surface area contributed by atoms with Gasteiger partial charge in [0.25, 0.3) is 5.91 Å². The lowest BCUT2D eigenvalue weighted by atomic mass is 9.47. The molecule has 7 heteroatoms. The van der Waals surface area contributed by atoms with Crippen molar-refractivity contribution >= 4 is 37.4 Å². The molecule has 5 nitrogen and oxygen atoms in total. The van der Waals surface area contributed by atoms with E-state index in [9.17, 15) is 13.2 Å². The number of amides is 1. The molecular formula is C24H25NO4S2. The van der Waals surface area contributed by atoms with Gasteiger partial charge in [-0.05, 0) is 66.8 Å². The van der Waals surface area contributed by atoms with Crippen molar-refractivity contribution in [3.8, 4) is 5.75 Å². The van der Waals surface area contributed by atoms with E-state index in [1.54, 1.807) is 36.4 Å². The van der Waals surface area contributed by atoms with Gasteiger partial charge in [0.15, 0.2) is 0 Å². The van der Waals surface area contributed by atoms with Crippen LogP contribution in [-0.2, 0) is 10.1 Å². The molecule has 3 atom stereocenters. The Morgan fingerprint density at radius 2 is 1.90 bits per heavy atom. The van der Waals surface area contributed by atoms with Crippen LogP contribution in [0.1, 0.15) is 43.5 Å². The predicted molar refractivity (Wildman–Crippen MR) is 122 cm³/mol. The van der Waals surface area contributed by atoms with Crippen molar-refractivity contribution in [1.82, 2.24) is 5.32 Å². The van der Waals surface area contributed by atoms with Crippen LogP contribution in [-0.4, -0.2) is 20.4 Å². The summed E-state index contributed by atoms with van der Waals surface area (Å²) in [5.41, 5.74) is 0.863. The topological polar surface area (TPSA) is 72.5 Å². The molecule has 3 aliphatic rings. The van der Waals surface area contributed by atoms with Crippen molar-refractivity contribution in [3.63, 3.8) is 0 Å². The largest absolute Gasteiger partial charge is 0.379 e. The van der Waals surface area contributed by atoms with E-state index in [-0.39, 0.29) is 22.6 Å². The molecule has 1 heterocycles. The third kappa shape index (κ3) is 3.53. The van der Waals surface area contributed by atoms with Crippen LogP contribution >= 0.6 is 11.3 Å². The van der Waals surface area contributed by atoms with Crippen LogP contribution in [0.5, 0.6) is 5.75 Å². The molecule has 2 bridgehead atoms. The minimum absolute atomic E-state index is 0.0945. The molecule has 1 aromatic heterocycles. The van der Waals surface area contributed by atoms with Crippen molar-refractivity contribution in [2.24, 2.45) is 17.3 Å². The summed E-state index contributed by atoms with van der Waals surface area (Å²) in [6.45, 7) is 4.61. The number of thiophene rings is 1. The van der Waals surface area contributed by atoms with E-state index in [4.69, 9.17) is 4.18 Å². The molecule has 1 amide bonds. The van der Waals surface area contributed by atoms with E-state index in [2.05, 4.69) is 19.2 Å². The van der Waals surface area contributed by atoms with Crippen molar-refractivity contribution in [1.29, 1.82) is 0 Å². The van der Waals surface area contributed by atoms with E-state index >= 15 is 0 Å². The number of benzene rings is 2. The quantitative estimate of drug-likeness (QED) is 0.535. The van der Waals surface area contributed by atoms with Gasteiger partial charge in [0.1, 0.15) is 10.6 Å².